The molecule has 0 fully saturated rings. The number of carbonyl (C=O) groups is 2. The van der Waals surface area contributed by atoms with Crippen molar-refractivity contribution in [3.8, 4) is 0 Å². The van der Waals surface area contributed by atoms with Crippen molar-refractivity contribution in [3.63, 3.8) is 0 Å². The Balaban J connectivity index is 2.36. The molecule has 0 unspecified atom stereocenters. The summed E-state index contributed by atoms with van der Waals surface area (Å²) in [5, 5.41) is 10.0. The molecule has 140 valence electrons. The van der Waals surface area contributed by atoms with E-state index in [-0.39, 0.29) is 23.3 Å². The number of anilines is 1. The van der Waals surface area contributed by atoms with Crippen LogP contribution in [0.3, 0.4) is 0 Å². The molecular formula is C20H28N4O2. The summed E-state index contributed by atoms with van der Waals surface area (Å²) in [5.41, 5.74) is 3.03. The molecule has 2 amide bonds. The highest BCUT2D eigenvalue weighted by Gasteiger charge is 2.24. The van der Waals surface area contributed by atoms with Gasteiger partial charge in [-0.05, 0) is 57.4 Å². The van der Waals surface area contributed by atoms with Gasteiger partial charge in [0, 0.05) is 24.0 Å². The van der Waals surface area contributed by atoms with Crippen molar-refractivity contribution in [2.75, 3.05) is 12.4 Å². The zero-order valence-corrected chi connectivity index (χ0v) is 16.6. The predicted molar refractivity (Wildman–Crippen MR) is 104 cm³/mol. The van der Waals surface area contributed by atoms with Crippen LogP contribution < -0.4 is 10.6 Å². The van der Waals surface area contributed by atoms with E-state index in [1.54, 1.807) is 25.2 Å². The fraction of sp³-hybridized carbons (Fsp3) is 0.450. The molecule has 0 atom stereocenters. The van der Waals surface area contributed by atoms with E-state index in [4.69, 9.17) is 0 Å². The summed E-state index contributed by atoms with van der Waals surface area (Å²) in [4.78, 5) is 24.7. The fourth-order valence-corrected chi connectivity index (χ4v) is 2.79. The third kappa shape index (κ3) is 3.95. The Morgan fingerprint density at radius 2 is 1.81 bits per heavy atom. The van der Waals surface area contributed by atoms with Gasteiger partial charge in [-0.25, -0.2) is 0 Å². The highest BCUT2D eigenvalue weighted by Crippen LogP contribution is 2.25. The van der Waals surface area contributed by atoms with Crippen LogP contribution in [0, 0.1) is 6.92 Å². The number of nitrogens with zero attached hydrogens (tertiary/aromatic N) is 2. The summed E-state index contributed by atoms with van der Waals surface area (Å²) in [6, 6.07) is 7.10. The van der Waals surface area contributed by atoms with E-state index in [1.165, 1.54) is 0 Å². The predicted octanol–water partition coefficient (Wildman–Crippen LogP) is 3.68. The van der Waals surface area contributed by atoms with Crippen molar-refractivity contribution in [2.45, 2.75) is 53.0 Å². The molecular weight excluding hydrogens is 328 g/mol. The SMILES string of the molecule is CNC(=O)c1cccc(NC(=O)c2cc(C(C)C)n(C(C)(C)C)n2)c1C. The van der Waals surface area contributed by atoms with E-state index >= 15 is 0 Å². The van der Waals surface area contributed by atoms with E-state index in [1.807, 2.05) is 17.7 Å². The van der Waals surface area contributed by atoms with Crippen LogP contribution in [0.4, 0.5) is 5.69 Å². The number of hydrogen-bond acceptors (Lipinski definition) is 3. The lowest BCUT2D eigenvalue weighted by atomic mass is 10.1. The topological polar surface area (TPSA) is 76.0 Å². The second kappa shape index (κ2) is 7.32. The van der Waals surface area contributed by atoms with Crippen molar-refractivity contribution in [2.24, 2.45) is 0 Å². The number of benzene rings is 1. The van der Waals surface area contributed by atoms with Crippen LogP contribution >= 0.6 is 0 Å². The van der Waals surface area contributed by atoms with Gasteiger partial charge in [0.15, 0.2) is 5.69 Å². The highest BCUT2D eigenvalue weighted by molar-refractivity contribution is 6.05. The first-order chi connectivity index (χ1) is 12.1. The van der Waals surface area contributed by atoms with Crippen LogP contribution in [-0.2, 0) is 5.54 Å². The molecule has 6 nitrogen and oxygen atoms in total. The maximum absolute atomic E-state index is 12.7. The maximum atomic E-state index is 12.7. The number of nitrogens with one attached hydrogen (secondary N) is 2. The minimum absolute atomic E-state index is 0.183. The second-order valence-corrected chi connectivity index (χ2v) is 7.70. The summed E-state index contributed by atoms with van der Waals surface area (Å²) in [6.45, 7) is 12.2. The molecule has 0 aliphatic rings. The zero-order valence-electron chi connectivity index (χ0n) is 16.6. The highest BCUT2D eigenvalue weighted by atomic mass is 16.2. The van der Waals surface area contributed by atoms with Crippen molar-refractivity contribution < 1.29 is 9.59 Å². The normalized spacial score (nSPS) is 11.5. The van der Waals surface area contributed by atoms with Gasteiger partial charge in [0.25, 0.3) is 11.8 Å². The van der Waals surface area contributed by atoms with Gasteiger partial charge in [-0.15, -0.1) is 0 Å². The smallest absolute Gasteiger partial charge is 0.276 e. The molecule has 2 rings (SSSR count). The van der Waals surface area contributed by atoms with Crippen LogP contribution in [0.2, 0.25) is 0 Å². The third-order valence-electron chi connectivity index (χ3n) is 4.25. The molecule has 26 heavy (non-hydrogen) atoms. The minimum Gasteiger partial charge on any atom is -0.355 e. The Labute approximate surface area is 155 Å². The van der Waals surface area contributed by atoms with Crippen LogP contribution in [0.15, 0.2) is 24.3 Å². The van der Waals surface area contributed by atoms with Crippen LogP contribution in [0.25, 0.3) is 0 Å². The molecule has 0 aliphatic carbocycles. The first-order valence-corrected chi connectivity index (χ1v) is 8.79. The molecule has 1 aromatic carbocycles. The van der Waals surface area contributed by atoms with Gasteiger partial charge in [0.2, 0.25) is 0 Å². The van der Waals surface area contributed by atoms with Crippen molar-refractivity contribution >= 4 is 17.5 Å². The first kappa shape index (κ1) is 19.7. The zero-order chi connectivity index (χ0) is 19.6. The fourth-order valence-electron chi connectivity index (χ4n) is 2.79. The van der Waals surface area contributed by atoms with Crippen LogP contribution in [-0.4, -0.2) is 28.6 Å². The molecule has 0 spiro atoms. The van der Waals surface area contributed by atoms with E-state index in [2.05, 4.69) is 50.4 Å². The summed E-state index contributed by atoms with van der Waals surface area (Å²) >= 11 is 0. The Kier molecular flexibility index (Phi) is 5.54. The standard InChI is InChI=1S/C20H28N4O2/c1-12(2)17-11-16(23-24(17)20(4,5)6)19(26)22-15-10-8-9-14(13(15)3)18(25)21-7/h8-12H,1-7H3,(H,21,25)(H,22,26). The number of amides is 2. The van der Waals surface area contributed by atoms with E-state index in [9.17, 15) is 9.59 Å². The largest absolute Gasteiger partial charge is 0.355 e. The van der Waals surface area contributed by atoms with Gasteiger partial charge in [-0.1, -0.05) is 19.9 Å². The average Bonchev–Trinajstić information content (AvgIpc) is 3.02. The van der Waals surface area contributed by atoms with Gasteiger partial charge in [0.05, 0.1) is 5.54 Å². The quantitative estimate of drug-likeness (QED) is 0.877. The molecule has 6 heteroatoms. The van der Waals surface area contributed by atoms with Gasteiger partial charge in [-0.3, -0.25) is 14.3 Å². The first-order valence-electron chi connectivity index (χ1n) is 8.79. The molecule has 2 aromatic rings. The Bertz CT molecular complexity index is 829. The molecule has 0 saturated heterocycles. The molecule has 1 aromatic heterocycles. The lowest BCUT2D eigenvalue weighted by Gasteiger charge is -2.23. The Morgan fingerprint density at radius 1 is 1.15 bits per heavy atom. The lowest BCUT2D eigenvalue weighted by Crippen LogP contribution is -2.26. The summed E-state index contributed by atoms with van der Waals surface area (Å²) in [7, 11) is 1.58. The number of hydrogen-bond donors (Lipinski definition) is 2. The monoisotopic (exact) mass is 356 g/mol. The maximum Gasteiger partial charge on any atom is 0.276 e. The molecule has 2 N–H and O–H groups in total. The van der Waals surface area contributed by atoms with Gasteiger partial charge < -0.3 is 10.6 Å². The minimum atomic E-state index is -0.285. The summed E-state index contributed by atoms with van der Waals surface area (Å²) in [5.74, 6) is -0.216. The van der Waals surface area contributed by atoms with Gasteiger partial charge in [0.1, 0.15) is 0 Å². The third-order valence-corrected chi connectivity index (χ3v) is 4.25. The second-order valence-electron chi connectivity index (χ2n) is 7.70. The number of carbonyl (C=O) groups excluding carboxylic acids is 2. The van der Waals surface area contributed by atoms with Gasteiger partial charge >= 0.3 is 0 Å². The Hall–Kier alpha value is -2.63. The summed E-state index contributed by atoms with van der Waals surface area (Å²) < 4.78 is 1.90. The van der Waals surface area contributed by atoms with E-state index in [0.717, 1.165) is 11.3 Å². The molecule has 0 bridgehead atoms. The number of rotatable bonds is 4. The van der Waals surface area contributed by atoms with E-state index in [0.29, 0.717) is 16.9 Å². The molecule has 0 radical (unpaired) electrons. The molecule has 0 saturated carbocycles. The average molecular weight is 356 g/mol. The van der Waals surface area contributed by atoms with E-state index < -0.39 is 0 Å². The van der Waals surface area contributed by atoms with Crippen molar-refractivity contribution in [1.29, 1.82) is 0 Å². The lowest BCUT2D eigenvalue weighted by molar-refractivity contribution is 0.0960. The molecule has 1 heterocycles. The van der Waals surface area contributed by atoms with Crippen LogP contribution in [0.5, 0.6) is 0 Å². The Morgan fingerprint density at radius 3 is 2.31 bits per heavy atom. The van der Waals surface area contributed by atoms with Crippen molar-refractivity contribution in [1.82, 2.24) is 15.1 Å². The van der Waals surface area contributed by atoms with Crippen molar-refractivity contribution in [3.05, 3.63) is 46.8 Å². The van der Waals surface area contributed by atoms with Crippen LogP contribution in [0.1, 0.15) is 72.6 Å². The molecule has 0 aliphatic heterocycles. The number of aromatic nitrogens is 2. The summed E-state index contributed by atoms with van der Waals surface area (Å²) in [6.07, 6.45) is 0. The van der Waals surface area contributed by atoms with Gasteiger partial charge in [-0.2, -0.15) is 5.10 Å².